The van der Waals surface area contributed by atoms with Crippen LogP contribution in [0.25, 0.3) is 22.4 Å². The number of sulfonamides is 1. The van der Waals surface area contributed by atoms with Gasteiger partial charge in [0, 0.05) is 29.6 Å². The van der Waals surface area contributed by atoms with Crippen LogP contribution in [0, 0.1) is 5.82 Å². The summed E-state index contributed by atoms with van der Waals surface area (Å²) in [6.07, 6.45) is 1.75. The first-order chi connectivity index (χ1) is 12.6. The lowest BCUT2D eigenvalue weighted by Gasteiger charge is -2.18. The molecule has 7 heteroatoms. The average molecular weight is 388 g/mol. The number of rotatable bonds is 4. The summed E-state index contributed by atoms with van der Waals surface area (Å²) in [5, 5.41) is 1.78. The molecule has 1 saturated heterocycles. The van der Waals surface area contributed by atoms with E-state index in [1.807, 2.05) is 0 Å². The smallest absolute Gasteiger partial charge is 0.243 e. The van der Waals surface area contributed by atoms with Crippen LogP contribution in [-0.4, -0.2) is 30.8 Å². The molecule has 3 aromatic rings. The van der Waals surface area contributed by atoms with Gasteiger partial charge >= 0.3 is 0 Å². The molecule has 0 aliphatic carbocycles. The molecule has 0 bridgehead atoms. The second-order valence-electron chi connectivity index (χ2n) is 6.18. The Bertz CT molecular complexity index is 1030. The molecule has 0 radical (unpaired) electrons. The van der Waals surface area contributed by atoms with Gasteiger partial charge in [0.05, 0.1) is 16.1 Å². The summed E-state index contributed by atoms with van der Waals surface area (Å²) in [5.74, 6) is -0.415. The zero-order valence-corrected chi connectivity index (χ0v) is 15.6. The summed E-state index contributed by atoms with van der Waals surface area (Å²) < 4.78 is 42.1. The van der Waals surface area contributed by atoms with Gasteiger partial charge in [-0.2, -0.15) is 4.31 Å². The van der Waals surface area contributed by atoms with Crippen LogP contribution < -0.4 is 0 Å². The lowest BCUT2D eigenvalue weighted by Crippen LogP contribution is -2.28. The van der Waals surface area contributed by atoms with Gasteiger partial charge in [0.2, 0.25) is 10.0 Å². The Balaban J connectivity index is 1.79. The molecule has 1 aliphatic heterocycles. The van der Waals surface area contributed by atoms with Gasteiger partial charge in [-0.15, -0.1) is 11.3 Å². The van der Waals surface area contributed by atoms with Crippen molar-refractivity contribution in [3.63, 3.8) is 0 Å². The zero-order valence-electron chi connectivity index (χ0n) is 13.9. The number of halogens is 1. The molecule has 0 unspecified atom stereocenters. The van der Waals surface area contributed by atoms with Crippen LogP contribution in [-0.2, 0) is 10.0 Å². The second-order valence-corrected chi connectivity index (χ2v) is 8.80. The maximum atomic E-state index is 14.6. The summed E-state index contributed by atoms with van der Waals surface area (Å²) in [6, 6.07) is 11.6. The minimum Gasteiger partial charge on any atom is -0.245 e. The molecule has 0 atom stereocenters. The SMILES string of the molecule is O=S(=O)(c1ccccc1-c1ccc(-c2cscn2)c(F)c1)N1CCCC1. The van der Waals surface area contributed by atoms with Gasteiger partial charge in [0.15, 0.2) is 0 Å². The molecule has 0 amide bonds. The van der Waals surface area contributed by atoms with Crippen LogP contribution in [0.1, 0.15) is 12.8 Å². The Hall–Kier alpha value is -2.09. The summed E-state index contributed by atoms with van der Waals surface area (Å²) in [6.45, 7) is 1.07. The van der Waals surface area contributed by atoms with Crippen molar-refractivity contribution in [3.8, 4) is 22.4 Å². The number of hydrogen-bond donors (Lipinski definition) is 0. The number of benzene rings is 2. The van der Waals surface area contributed by atoms with Gasteiger partial charge in [0.25, 0.3) is 0 Å². The minimum atomic E-state index is -3.58. The third kappa shape index (κ3) is 3.06. The monoisotopic (exact) mass is 388 g/mol. The fraction of sp³-hybridized carbons (Fsp3) is 0.211. The molecule has 0 N–H and O–H groups in total. The van der Waals surface area contributed by atoms with E-state index in [2.05, 4.69) is 4.98 Å². The molecule has 0 saturated carbocycles. The quantitative estimate of drug-likeness (QED) is 0.666. The lowest BCUT2D eigenvalue weighted by molar-refractivity contribution is 0.477. The predicted octanol–water partition coefficient (Wildman–Crippen LogP) is 4.40. The Morgan fingerprint density at radius 3 is 2.50 bits per heavy atom. The first-order valence-electron chi connectivity index (χ1n) is 8.35. The number of hydrogen-bond acceptors (Lipinski definition) is 4. The van der Waals surface area contributed by atoms with Crippen molar-refractivity contribution in [1.29, 1.82) is 0 Å². The summed E-state index contributed by atoms with van der Waals surface area (Å²) in [5.41, 5.74) is 3.70. The first kappa shape index (κ1) is 17.3. The van der Waals surface area contributed by atoms with Crippen molar-refractivity contribution in [2.75, 3.05) is 13.1 Å². The molecule has 1 aromatic heterocycles. The highest BCUT2D eigenvalue weighted by Gasteiger charge is 2.29. The maximum absolute atomic E-state index is 14.6. The van der Waals surface area contributed by atoms with E-state index in [4.69, 9.17) is 0 Å². The van der Waals surface area contributed by atoms with Crippen molar-refractivity contribution in [3.05, 3.63) is 59.2 Å². The molecule has 2 aromatic carbocycles. The van der Waals surface area contributed by atoms with E-state index in [1.165, 1.54) is 21.7 Å². The fourth-order valence-electron chi connectivity index (χ4n) is 3.23. The lowest BCUT2D eigenvalue weighted by atomic mass is 10.0. The summed E-state index contributed by atoms with van der Waals surface area (Å²) >= 11 is 1.40. The third-order valence-electron chi connectivity index (χ3n) is 4.56. The van der Waals surface area contributed by atoms with Gasteiger partial charge in [-0.05, 0) is 36.6 Å². The van der Waals surface area contributed by atoms with E-state index in [1.54, 1.807) is 47.3 Å². The molecule has 134 valence electrons. The van der Waals surface area contributed by atoms with E-state index in [9.17, 15) is 12.8 Å². The molecule has 1 aliphatic rings. The van der Waals surface area contributed by atoms with Gasteiger partial charge in [-0.3, -0.25) is 0 Å². The first-order valence-corrected chi connectivity index (χ1v) is 10.7. The largest absolute Gasteiger partial charge is 0.245 e. The minimum absolute atomic E-state index is 0.225. The zero-order chi connectivity index (χ0) is 18.1. The van der Waals surface area contributed by atoms with Gasteiger partial charge < -0.3 is 0 Å². The third-order valence-corrected chi connectivity index (χ3v) is 7.10. The molecule has 1 fully saturated rings. The fourth-order valence-corrected chi connectivity index (χ4v) is 5.52. The Morgan fingerprint density at radius 1 is 1.04 bits per heavy atom. The molecular weight excluding hydrogens is 371 g/mol. The Morgan fingerprint density at radius 2 is 1.81 bits per heavy atom. The number of aromatic nitrogens is 1. The second kappa shape index (κ2) is 6.90. The molecule has 26 heavy (non-hydrogen) atoms. The average Bonchev–Trinajstić information content (AvgIpc) is 3.35. The molecule has 2 heterocycles. The van der Waals surface area contributed by atoms with Crippen LogP contribution in [0.4, 0.5) is 4.39 Å². The highest BCUT2D eigenvalue weighted by Crippen LogP contribution is 2.33. The summed E-state index contributed by atoms with van der Waals surface area (Å²) in [4.78, 5) is 4.36. The number of thiazole rings is 1. The van der Waals surface area contributed by atoms with Crippen LogP contribution in [0.2, 0.25) is 0 Å². The molecular formula is C19H17FN2O2S2. The van der Waals surface area contributed by atoms with Crippen molar-refractivity contribution >= 4 is 21.4 Å². The van der Waals surface area contributed by atoms with E-state index >= 15 is 0 Å². The maximum Gasteiger partial charge on any atom is 0.243 e. The van der Waals surface area contributed by atoms with Crippen LogP contribution in [0.15, 0.2) is 58.3 Å². The van der Waals surface area contributed by atoms with E-state index in [0.29, 0.717) is 35.5 Å². The van der Waals surface area contributed by atoms with E-state index in [-0.39, 0.29) is 4.90 Å². The normalized spacial score (nSPS) is 15.4. The van der Waals surface area contributed by atoms with Gasteiger partial charge in [0.1, 0.15) is 5.82 Å². The van der Waals surface area contributed by atoms with Crippen molar-refractivity contribution in [2.45, 2.75) is 17.7 Å². The van der Waals surface area contributed by atoms with Crippen LogP contribution in [0.3, 0.4) is 0 Å². The summed E-state index contributed by atoms with van der Waals surface area (Å²) in [7, 11) is -3.58. The standard InChI is InChI=1S/C19H17FN2O2S2/c20-17-11-14(7-8-16(17)18-12-25-13-21-18)15-5-1-2-6-19(15)26(23,24)22-9-3-4-10-22/h1-2,5-8,11-13H,3-4,9-10H2. The molecule has 4 nitrogen and oxygen atoms in total. The van der Waals surface area contributed by atoms with E-state index < -0.39 is 15.8 Å². The van der Waals surface area contributed by atoms with Crippen LogP contribution >= 0.6 is 11.3 Å². The van der Waals surface area contributed by atoms with Gasteiger partial charge in [-0.25, -0.2) is 17.8 Å². The van der Waals surface area contributed by atoms with Crippen molar-refractivity contribution < 1.29 is 12.8 Å². The highest BCUT2D eigenvalue weighted by molar-refractivity contribution is 7.89. The molecule has 4 rings (SSSR count). The number of nitrogens with zero attached hydrogens (tertiary/aromatic N) is 2. The van der Waals surface area contributed by atoms with Crippen molar-refractivity contribution in [2.24, 2.45) is 0 Å². The highest BCUT2D eigenvalue weighted by atomic mass is 32.2. The van der Waals surface area contributed by atoms with E-state index in [0.717, 1.165) is 12.8 Å². The van der Waals surface area contributed by atoms with Gasteiger partial charge in [-0.1, -0.05) is 24.3 Å². The van der Waals surface area contributed by atoms with Crippen molar-refractivity contribution in [1.82, 2.24) is 9.29 Å². The Kier molecular flexibility index (Phi) is 4.60. The van der Waals surface area contributed by atoms with Crippen LogP contribution in [0.5, 0.6) is 0 Å². The predicted molar refractivity (Wildman–Crippen MR) is 101 cm³/mol. The Labute approximate surface area is 156 Å². The molecule has 0 spiro atoms. The topological polar surface area (TPSA) is 50.3 Å².